The van der Waals surface area contributed by atoms with Crippen LogP contribution in [0.5, 0.6) is 0 Å². The number of benzene rings is 4. The molecule has 0 aliphatic carbocycles. The number of rotatable bonds is 12. The highest BCUT2D eigenvalue weighted by molar-refractivity contribution is 7.73. The molecule has 0 bridgehead atoms. The van der Waals surface area contributed by atoms with Gasteiger partial charge in [0.1, 0.15) is 4.91 Å². The molecule has 0 aromatic heterocycles. The molecule has 0 fully saturated rings. The lowest BCUT2D eigenvalue weighted by atomic mass is 10.4. The van der Waals surface area contributed by atoms with Gasteiger partial charge in [-0.3, -0.25) is 0 Å². The van der Waals surface area contributed by atoms with Crippen LogP contribution in [0.4, 0.5) is 0 Å². The molecule has 0 atom stereocenters. The van der Waals surface area contributed by atoms with Gasteiger partial charge in [0.15, 0.2) is 13.2 Å². The van der Waals surface area contributed by atoms with Crippen molar-refractivity contribution < 1.29 is 14.8 Å². The van der Waals surface area contributed by atoms with Gasteiger partial charge < -0.3 is 0 Å². The molecule has 4 rings (SSSR count). The Morgan fingerprint density at radius 2 is 0.735 bits per heavy atom. The monoisotopic (exact) mass is 488 g/mol. The Labute approximate surface area is 203 Å². The molecule has 0 radical (unpaired) electrons. The van der Waals surface area contributed by atoms with Crippen LogP contribution in [0.2, 0.25) is 0 Å². The normalized spacial score (nSPS) is 10.9. The van der Waals surface area contributed by atoms with Crippen LogP contribution in [0.1, 0.15) is 0 Å². The quantitative estimate of drug-likeness (QED) is 0.211. The highest BCUT2D eigenvalue weighted by Gasteiger charge is 2.20. The van der Waals surface area contributed by atoms with E-state index < -0.39 is 15.8 Å². The van der Waals surface area contributed by atoms with Crippen molar-refractivity contribution in [2.45, 2.75) is 0 Å². The first kappa shape index (κ1) is 24.1. The summed E-state index contributed by atoms with van der Waals surface area (Å²) in [7, 11) is -1.22. The second-order valence-electron chi connectivity index (χ2n) is 7.54. The summed E-state index contributed by atoms with van der Waals surface area (Å²) in [6.07, 6.45) is 1.48. The topological polar surface area (TPSA) is 38.5 Å². The summed E-state index contributed by atoms with van der Waals surface area (Å²) in [5.41, 5.74) is 0. The Morgan fingerprint density at radius 1 is 0.471 bits per heavy atom. The summed E-state index contributed by atoms with van der Waals surface area (Å²) in [5, 5.41) is 5.35. The van der Waals surface area contributed by atoms with Crippen molar-refractivity contribution in [3.8, 4) is 0 Å². The van der Waals surface area contributed by atoms with Gasteiger partial charge in [-0.15, -0.1) is 0 Å². The van der Waals surface area contributed by atoms with Gasteiger partial charge in [-0.1, -0.05) is 121 Å². The molecule has 0 heterocycles. The van der Waals surface area contributed by atoms with Crippen LogP contribution in [-0.4, -0.2) is 30.6 Å². The summed E-state index contributed by atoms with van der Waals surface area (Å²) < 4.78 is 0. The van der Waals surface area contributed by atoms with Gasteiger partial charge in [-0.25, -0.2) is 0 Å². The maximum atomic E-state index is 12.2. The summed E-state index contributed by atoms with van der Waals surface area (Å²) >= 11 is 0. The molecule has 0 saturated carbocycles. The summed E-state index contributed by atoms with van der Waals surface area (Å²) in [5.74, 6) is 0. The van der Waals surface area contributed by atoms with Crippen molar-refractivity contribution in [3.05, 3.63) is 126 Å². The van der Waals surface area contributed by atoms with E-state index in [2.05, 4.69) is 97.1 Å². The average Bonchev–Trinajstić information content (AvgIpc) is 2.91. The molecular formula is C28H28NO3P2+. The van der Waals surface area contributed by atoms with E-state index in [1.54, 1.807) is 0 Å². The first-order chi connectivity index (χ1) is 16.8. The van der Waals surface area contributed by atoms with Crippen LogP contribution in [0.15, 0.2) is 121 Å². The van der Waals surface area contributed by atoms with E-state index in [0.717, 1.165) is 12.3 Å². The summed E-state index contributed by atoms with van der Waals surface area (Å²) in [4.78, 5) is 23.0. The Morgan fingerprint density at radius 3 is 1.00 bits per heavy atom. The van der Waals surface area contributed by atoms with Crippen molar-refractivity contribution in [1.29, 1.82) is 0 Å². The minimum absolute atomic E-state index is 0.285. The van der Waals surface area contributed by atoms with Crippen LogP contribution in [0.25, 0.3) is 0 Å². The second-order valence-corrected chi connectivity index (χ2v) is 12.2. The summed E-state index contributed by atoms with van der Waals surface area (Å²) in [6, 6.07) is 41.6. The molecule has 6 heteroatoms. The van der Waals surface area contributed by atoms with E-state index in [1.165, 1.54) is 21.2 Å². The number of hydrogen-bond donors (Lipinski definition) is 0. The van der Waals surface area contributed by atoms with Crippen molar-refractivity contribution in [2.24, 2.45) is 0 Å². The molecule has 0 amide bonds. The zero-order valence-corrected chi connectivity index (χ0v) is 20.7. The van der Waals surface area contributed by atoms with Gasteiger partial charge in [0.25, 0.3) is 0 Å². The fourth-order valence-corrected chi connectivity index (χ4v) is 7.98. The maximum absolute atomic E-state index is 12.2. The molecule has 172 valence electrons. The Bertz CT molecular complexity index is 959. The van der Waals surface area contributed by atoms with Gasteiger partial charge >= 0.3 is 5.09 Å². The van der Waals surface area contributed by atoms with Crippen LogP contribution in [0, 0.1) is 4.91 Å². The first-order valence-electron chi connectivity index (χ1n) is 11.3. The van der Waals surface area contributed by atoms with Gasteiger partial charge in [-0.05, 0) is 37.1 Å². The molecule has 0 aliphatic rings. The summed E-state index contributed by atoms with van der Waals surface area (Å²) in [6.45, 7) is 0.594. The standard InChI is InChI=1S/C28H28NO3P2/c30-29(31-21-23-33(25-13-5-1-6-14-25)26-15-7-2-8-16-26)32-22-24-34(27-17-9-3-10-18-27)28-19-11-4-12-20-28/h1-20H,21-24H2/q+1. The van der Waals surface area contributed by atoms with E-state index in [0.29, 0.717) is 13.2 Å². The highest BCUT2D eigenvalue weighted by atomic mass is 31.1. The first-order valence-corrected chi connectivity index (χ1v) is 14.3. The van der Waals surface area contributed by atoms with Gasteiger partial charge in [0, 0.05) is 12.3 Å². The third kappa shape index (κ3) is 6.97. The fourth-order valence-electron chi connectivity index (χ4n) is 3.70. The molecule has 0 N–H and O–H groups in total. The van der Waals surface area contributed by atoms with Crippen LogP contribution >= 0.6 is 15.8 Å². The zero-order valence-electron chi connectivity index (χ0n) is 18.9. The predicted octanol–water partition coefficient (Wildman–Crippen LogP) is 4.89. The third-order valence-corrected chi connectivity index (χ3v) is 10.2. The Kier molecular flexibility index (Phi) is 9.20. The SMILES string of the molecule is O=[N+](OCCP(c1ccccc1)c1ccccc1)OCCP(c1ccccc1)c1ccccc1. The molecule has 34 heavy (non-hydrogen) atoms. The van der Waals surface area contributed by atoms with E-state index in [-0.39, 0.29) is 5.09 Å². The Hall–Kier alpha value is -3.06. The van der Waals surface area contributed by atoms with Crippen molar-refractivity contribution >= 4 is 37.1 Å². The molecule has 4 aromatic rings. The lowest BCUT2D eigenvalue weighted by Gasteiger charge is -2.17. The molecule has 0 spiro atoms. The number of nitrogens with zero attached hydrogens (tertiary/aromatic N) is 1. The van der Waals surface area contributed by atoms with Gasteiger partial charge in [-0.2, -0.15) is 9.68 Å². The minimum atomic E-state index is -0.608. The van der Waals surface area contributed by atoms with Crippen LogP contribution < -0.4 is 21.2 Å². The fraction of sp³-hybridized carbons (Fsp3) is 0.143. The molecule has 4 aromatic carbocycles. The van der Waals surface area contributed by atoms with Crippen molar-refractivity contribution in [3.63, 3.8) is 0 Å². The highest BCUT2D eigenvalue weighted by Crippen LogP contribution is 2.34. The average molecular weight is 488 g/mol. The smallest absolute Gasteiger partial charge is 0.186 e. The van der Waals surface area contributed by atoms with Crippen LogP contribution in [0.3, 0.4) is 0 Å². The molecule has 0 saturated heterocycles. The largest absolute Gasteiger partial charge is 0.477 e. The lowest BCUT2D eigenvalue weighted by Crippen LogP contribution is -2.21. The maximum Gasteiger partial charge on any atom is 0.477 e. The molecule has 4 nitrogen and oxygen atoms in total. The molecule has 0 aliphatic heterocycles. The van der Waals surface area contributed by atoms with Crippen LogP contribution in [-0.2, 0) is 9.68 Å². The molecular weight excluding hydrogens is 460 g/mol. The van der Waals surface area contributed by atoms with E-state index >= 15 is 0 Å². The lowest BCUT2D eigenvalue weighted by molar-refractivity contribution is -0.980. The van der Waals surface area contributed by atoms with Crippen molar-refractivity contribution in [2.75, 3.05) is 25.5 Å². The Balaban J connectivity index is 1.30. The number of hydrogen-bond acceptors (Lipinski definition) is 3. The van der Waals surface area contributed by atoms with Gasteiger partial charge in [0.2, 0.25) is 0 Å². The second kappa shape index (κ2) is 13.0. The van der Waals surface area contributed by atoms with Gasteiger partial charge in [0.05, 0.1) is 0 Å². The zero-order chi connectivity index (χ0) is 23.4. The van der Waals surface area contributed by atoms with Crippen molar-refractivity contribution in [1.82, 2.24) is 0 Å². The molecule has 0 unspecified atom stereocenters. The minimum Gasteiger partial charge on any atom is -0.186 e. The van der Waals surface area contributed by atoms with E-state index in [4.69, 9.17) is 9.68 Å². The predicted molar refractivity (Wildman–Crippen MR) is 143 cm³/mol. The third-order valence-electron chi connectivity index (χ3n) is 5.29. The van der Waals surface area contributed by atoms with E-state index in [1.807, 2.05) is 24.3 Å². The van der Waals surface area contributed by atoms with E-state index in [9.17, 15) is 4.91 Å².